The number of anilines is 1. The number of hydrogen-bond acceptors (Lipinski definition) is 3. The quantitative estimate of drug-likeness (QED) is 0.547. The number of nitrogens with zero attached hydrogens (tertiary/aromatic N) is 3. The average Bonchev–Trinajstić information content (AvgIpc) is 3.38. The molecule has 1 fully saturated rings. The third-order valence-corrected chi connectivity index (χ3v) is 6.06. The maximum Gasteiger partial charge on any atom is 0.226 e. The van der Waals surface area contributed by atoms with Crippen molar-refractivity contribution in [2.75, 3.05) is 11.9 Å². The number of aryl methyl sites for hydroxylation is 2. The molecule has 0 spiro atoms. The average molecular weight is 434 g/mol. The lowest BCUT2D eigenvalue weighted by Gasteiger charge is -2.28. The van der Waals surface area contributed by atoms with E-state index in [1.165, 1.54) is 0 Å². The highest BCUT2D eigenvalue weighted by molar-refractivity contribution is 7.80. The lowest BCUT2D eigenvalue weighted by molar-refractivity contribution is -0.116. The van der Waals surface area contributed by atoms with Gasteiger partial charge in [-0.2, -0.15) is 0 Å². The van der Waals surface area contributed by atoms with Crippen LogP contribution in [0.3, 0.4) is 0 Å². The molecule has 31 heavy (non-hydrogen) atoms. The molecule has 3 heterocycles. The second-order valence-electron chi connectivity index (χ2n) is 7.65. The Labute approximate surface area is 188 Å². The fourth-order valence-electron chi connectivity index (χ4n) is 4.10. The molecule has 0 unspecified atom stereocenters. The zero-order valence-electron chi connectivity index (χ0n) is 17.8. The number of carbonyl (C=O) groups is 1. The van der Waals surface area contributed by atoms with Crippen LogP contribution in [-0.2, 0) is 11.3 Å². The third kappa shape index (κ3) is 4.46. The van der Waals surface area contributed by atoms with Crippen LogP contribution in [0.4, 0.5) is 5.69 Å². The number of amides is 1. The monoisotopic (exact) mass is 433 g/mol. The largest absolute Gasteiger partial charge is 0.352 e. The Bertz CT molecular complexity index is 1060. The molecule has 2 aromatic heterocycles. The van der Waals surface area contributed by atoms with Crippen LogP contribution in [0.2, 0.25) is 0 Å². The number of benzene rings is 1. The topological polar surface area (TPSA) is 62.2 Å². The van der Waals surface area contributed by atoms with Crippen molar-refractivity contribution in [3.63, 3.8) is 0 Å². The lowest BCUT2D eigenvalue weighted by atomic mass is 10.0. The summed E-state index contributed by atoms with van der Waals surface area (Å²) in [6.45, 7) is 5.50. The summed E-state index contributed by atoms with van der Waals surface area (Å²) in [4.78, 5) is 19.4. The van der Waals surface area contributed by atoms with Gasteiger partial charge in [0.05, 0.1) is 17.8 Å². The number of nitrogens with one attached hydrogen (secondary N) is 2. The molecule has 2 N–H and O–H groups in total. The Morgan fingerprint density at radius 3 is 2.71 bits per heavy atom. The Morgan fingerprint density at radius 2 is 1.97 bits per heavy atom. The van der Waals surface area contributed by atoms with Crippen molar-refractivity contribution in [1.29, 1.82) is 0 Å². The molecule has 160 valence electrons. The molecule has 7 heteroatoms. The smallest absolute Gasteiger partial charge is 0.226 e. The first-order valence-electron chi connectivity index (χ1n) is 10.6. The Morgan fingerprint density at radius 1 is 1.16 bits per heavy atom. The molecular formula is C24H27N5OS. The number of thiocarbonyl (C=S) groups is 1. The highest BCUT2D eigenvalue weighted by Gasteiger charge is 2.40. The van der Waals surface area contributed by atoms with E-state index in [0.29, 0.717) is 18.1 Å². The molecule has 6 nitrogen and oxygen atoms in total. The van der Waals surface area contributed by atoms with E-state index in [0.717, 1.165) is 29.2 Å². The first-order valence-corrected chi connectivity index (χ1v) is 11.0. The summed E-state index contributed by atoms with van der Waals surface area (Å²) in [7, 11) is 0. The van der Waals surface area contributed by atoms with Gasteiger partial charge in [0.25, 0.3) is 0 Å². The molecule has 0 radical (unpaired) electrons. The molecule has 0 saturated carbocycles. The highest BCUT2D eigenvalue weighted by atomic mass is 32.1. The van der Waals surface area contributed by atoms with Gasteiger partial charge >= 0.3 is 0 Å². The predicted octanol–water partition coefficient (Wildman–Crippen LogP) is 4.21. The number of aromatic nitrogens is 2. The molecule has 1 aromatic carbocycles. The van der Waals surface area contributed by atoms with Crippen LogP contribution in [0.15, 0.2) is 67.0 Å². The molecule has 4 rings (SSSR count). The standard InChI is InChI=1S/C24H27N5OS/c1-3-28-15-8-12-20(28)23-22(19-11-6-7-14-25-19)27-24(31)29(23)16-13-21(30)26-18-10-5-4-9-17(18)2/h4-12,14-15,22-23H,3,13,16H2,1-2H3,(H,26,30)(H,27,31)/t22-,23-/m1/s1. The summed E-state index contributed by atoms with van der Waals surface area (Å²) in [5, 5.41) is 7.11. The van der Waals surface area contributed by atoms with E-state index < -0.39 is 0 Å². The summed E-state index contributed by atoms with van der Waals surface area (Å²) in [6.07, 6.45) is 4.22. The molecule has 0 aliphatic carbocycles. The van der Waals surface area contributed by atoms with E-state index >= 15 is 0 Å². The number of carbonyl (C=O) groups excluding carboxylic acids is 1. The Balaban J connectivity index is 1.55. The SMILES string of the molecule is CCn1cccc1[C@@H]1[C@@H](c2ccccn2)NC(=S)N1CCC(=O)Nc1ccccc1C. The molecule has 1 aliphatic heterocycles. The van der Waals surface area contributed by atoms with Gasteiger partial charge in [-0.15, -0.1) is 0 Å². The molecule has 0 bridgehead atoms. The molecule has 1 saturated heterocycles. The van der Waals surface area contributed by atoms with Gasteiger partial charge < -0.3 is 20.1 Å². The molecule has 3 aromatic rings. The summed E-state index contributed by atoms with van der Waals surface area (Å²) in [5.41, 5.74) is 3.98. The minimum atomic E-state index is -0.0756. The van der Waals surface area contributed by atoms with Gasteiger partial charge in [-0.1, -0.05) is 24.3 Å². The van der Waals surface area contributed by atoms with Crippen LogP contribution < -0.4 is 10.6 Å². The number of hydrogen-bond donors (Lipinski definition) is 2. The second-order valence-corrected chi connectivity index (χ2v) is 8.04. The summed E-state index contributed by atoms with van der Waals surface area (Å²) in [5.74, 6) is -0.0250. The summed E-state index contributed by atoms with van der Waals surface area (Å²) < 4.78 is 2.22. The van der Waals surface area contributed by atoms with Gasteiger partial charge in [0.15, 0.2) is 5.11 Å². The van der Waals surface area contributed by atoms with Gasteiger partial charge in [0, 0.05) is 43.3 Å². The van der Waals surface area contributed by atoms with E-state index in [1.807, 2.05) is 49.4 Å². The minimum absolute atomic E-state index is 0.0250. The zero-order chi connectivity index (χ0) is 21.8. The van der Waals surface area contributed by atoms with Gasteiger partial charge in [0.1, 0.15) is 0 Å². The van der Waals surface area contributed by atoms with E-state index in [-0.39, 0.29) is 18.0 Å². The highest BCUT2D eigenvalue weighted by Crippen LogP contribution is 2.38. The van der Waals surface area contributed by atoms with Crippen LogP contribution in [0.1, 0.15) is 42.4 Å². The number of pyridine rings is 1. The third-order valence-electron chi connectivity index (χ3n) is 5.71. The van der Waals surface area contributed by atoms with E-state index in [4.69, 9.17) is 12.2 Å². The van der Waals surface area contributed by atoms with Crippen molar-refractivity contribution in [2.45, 2.75) is 38.9 Å². The van der Waals surface area contributed by atoms with E-state index in [1.54, 1.807) is 6.20 Å². The van der Waals surface area contributed by atoms with Gasteiger partial charge in [-0.05, 0) is 62.0 Å². The maximum absolute atomic E-state index is 12.7. The second kappa shape index (κ2) is 9.31. The van der Waals surface area contributed by atoms with Crippen molar-refractivity contribution >= 4 is 28.9 Å². The normalized spacial score (nSPS) is 18.1. The maximum atomic E-state index is 12.7. The molecular weight excluding hydrogens is 406 g/mol. The summed E-state index contributed by atoms with van der Waals surface area (Å²) in [6, 6.07) is 17.8. The van der Waals surface area contributed by atoms with E-state index in [2.05, 4.69) is 50.3 Å². The fourth-order valence-corrected chi connectivity index (χ4v) is 4.43. The van der Waals surface area contributed by atoms with Crippen molar-refractivity contribution < 1.29 is 4.79 Å². The van der Waals surface area contributed by atoms with E-state index in [9.17, 15) is 4.79 Å². The van der Waals surface area contributed by atoms with Gasteiger partial charge in [-0.25, -0.2) is 0 Å². The first kappa shape index (κ1) is 21.1. The van der Waals surface area contributed by atoms with Gasteiger partial charge in [0.2, 0.25) is 5.91 Å². The first-order chi connectivity index (χ1) is 15.1. The lowest BCUT2D eigenvalue weighted by Crippen LogP contribution is -2.33. The Kier molecular flexibility index (Phi) is 6.32. The van der Waals surface area contributed by atoms with Crippen LogP contribution in [0.5, 0.6) is 0 Å². The number of para-hydroxylation sites is 1. The molecule has 2 atom stereocenters. The van der Waals surface area contributed by atoms with Crippen LogP contribution >= 0.6 is 12.2 Å². The fraction of sp³-hybridized carbons (Fsp3) is 0.292. The zero-order valence-corrected chi connectivity index (χ0v) is 18.6. The molecule has 1 amide bonds. The van der Waals surface area contributed by atoms with Crippen LogP contribution in [0, 0.1) is 6.92 Å². The van der Waals surface area contributed by atoms with Crippen LogP contribution in [-0.4, -0.2) is 32.0 Å². The predicted molar refractivity (Wildman–Crippen MR) is 127 cm³/mol. The Hall–Kier alpha value is -3.19. The van der Waals surface area contributed by atoms with Crippen molar-refractivity contribution in [2.24, 2.45) is 0 Å². The molecule has 1 aliphatic rings. The summed E-state index contributed by atoms with van der Waals surface area (Å²) >= 11 is 5.70. The van der Waals surface area contributed by atoms with Gasteiger partial charge in [-0.3, -0.25) is 9.78 Å². The minimum Gasteiger partial charge on any atom is -0.352 e. The van der Waals surface area contributed by atoms with Crippen molar-refractivity contribution in [3.05, 3.63) is 83.9 Å². The van der Waals surface area contributed by atoms with Crippen molar-refractivity contribution in [3.8, 4) is 0 Å². The number of rotatable bonds is 7. The van der Waals surface area contributed by atoms with Crippen molar-refractivity contribution in [1.82, 2.24) is 19.8 Å². The van der Waals surface area contributed by atoms with Crippen LogP contribution in [0.25, 0.3) is 0 Å².